The van der Waals surface area contributed by atoms with E-state index in [4.69, 9.17) is 11.6 Å². The predicted octanol–water partition coefficient (Wildman–Crippen LogP) is 2.68. The number of halogens is 1. The van der Waals surface area contributed by atoms with Crippen LogP contribution in [0.4, 0.5) is 0 Å². The fourth-order valence-corrected chi connectivity index (χ4v) is 3.07. The largest absolute Gasteiger partial charge is 0.332 e. The molecule has 2 heterocycles. The number of aromatic amines is 1. The minimum absolute atomic E-state index is 0.201. The van der Waals surface area contributed by atoms with Crippen molar-refractivity contribution in [2.24, 2.45) is 7.05 Å². The van der Waals surface area contributed by atoms with Gasteiger partial charge in [0.15, 0.2) is 0 Å². The summed E-state index contributed by atoms with van der Waals surface area (Å²) in [6.45, 7) is 4.38. The van der Waals surface area contributed by atoms with Crippen molar-refractivity contribution in [1.82, 2.24) is 24.6 Å². The summed E-state index contributed by atoms with van der Waals surface area (Å²) in [6, 6.07) is 7.11. The number of hydrogen-bond donors (Lipinski definition) is 1. The number of fused-ring (bicyclic) bond motifs is 1. The molecule has 0 saturated carbocycles. The van der Waals surface area contributed by atoms with Gasteiger partial charge < -0.3 is 9.88 Å². The first-order valence-corrected chi connectivity index (χ1v) is 8.92. The summed E-state index contributed by atoms with van der Waals surface area (Å²) >= 11 is 6.19. The highest BCUT2D eigenvalue weighted by molar-refractivity contribution is 6.31. The van der Waals surface area contributed by atoms with Crippen LogP contribution >= 0.6 is 11.6 Å². The van der Waals surface area contributed by atoms with Crippen molar-refractivity contribution < 1.29 is 4.79 Å². The van der Waals surface area contributed by atoms with Gasteiger partial charge in [0.2, 0.25) is 5.91 Å². The molecule has 3 aromatic rings. The van der Waals surface area contributed by atoms with E-state index in [1.165, 1.54) is 6.08 Å². The molecule has 0 spiro atoms. The van der Waals surface area contributed by atoms with Gasteiger partial charge in [0.1, 0.15) is 11.0 Å². The maximum absolute atomic E-state index is 12.6. The second kappa shape index (κ2) is 7.75. The Balaban J connectivity index is 1.82. The molecule has 27 heavy (non-hydrogen) atoms. The minimum Gasteiger partial charge on any atom is -0.332 e. The van der Waals surface area contributed by atoms with E-state index in [9.17, 15) is 9.59 Å². The molecule has 7 nitrogen and oxygen atoms in total. The number of carbonyl (C=O) groups excluding carboxylic acids is 1. The molecule has 0 unspecified atom stereocenters. The summed E-state index contributed by atoms with van der Waals surface area (Å²) in [5, 5.41) is 5.22. The van der Waals surface area contributed by atoms with Crippen molar-refractivity contribution in [2.45, 2.75) is 20.4 Å². The first-order chi connectivity index (χ1) is 12.9. The molecule has 1 N–H and O–H groups in total. The van der Waals surface area contributed by atoms with E-state index in [-0.39, 0.29) is 18.0 Å². The number of rotatable bonds is 5. The Morgan fingerprint density at radius 3 is 2.78 bits per heavy atom. The average molecular weight is 386 g/mol. The lowest BCUT2D eigenvalue weighted by Gasteiger charge is -2.18. The molecule has 0 fully saturated rings. The lowest BCUT2D eigenvalue weighted by Crippen LogP contribution is -2.30. The Morgan fingerprint density at radius 2 is 2.11 bits per heavy atom. The number of likely N-dealkylation sites (N-methyl/N-ethyl adjacent to an activating group) is 1. The summed E-state index contributed by atoms with van der Waals surface area (Å²) in [6.07, 6.45) is 3.12. The van der Waals surface area contributed by atoms with Gasteiger partial charge in [-0.05, 0) is 32.1 Å². The topological polar surface area (TPSA) is 83.9 Å². The number of carbonyl (C=O) groups is 1. The average Bonchev–Trinajstić information content (AvgIpc) is 2.89. The number of hydrogen-bond acceptors (Lipinski definition) is 4. The van der Waals surface area contributed by atoms with Crippen molar-refractivity contribution >= 4 is 34.5 Å². The van der Waals surface area contributed by atoms with Crippen molar-refractivity contribution in [3.05, 3.63) is 62.9 Å². The van der Waals surface area contributed by atoms with Gasteiger partial charge in [-0.15, -0.1) is 0 Å². The van der Waals surface area contributed by atoms with E-state index in [1.54, 1.807) is 40.9 Å². The molecule has 0 bridgehead atoms. The second-order valence-corrected chi connectivity index (χ2v) is 6.49. The molecule has 0 aliphatic heterocycles. The zero-order valence-electron chi connectivity index (χ0n) is 15.4. The van der Waals surface area contributed by atoms with Crippen LogP contribution in [0.15, 0.2) is 35.1 Å². The fourth-order valence-electron chi connectivity index (χ4n) is 2.83. The first kappa shape index (κ1) is 18.8. The molecule has 0 aliphatic carbocycles. The Hall–Kier alpha value is -2.93. The predicted molar refractivity (Wildman–Crippen MR) is 105 cm³/mol. The first-order valence-electron chi connectivity index (χ1n) is 8.54. The van der Waals surface area contributed by atoms with Crippen molar-refractivity contribution in [3.63, 3.8) is 0 Å². The van der Waals surface area contributed by atoms with Crippen LogP contribution in [-0.4, -0.2) is 37.1 Å². The molecular formula is C19H20ClN5O2. The molecule has 1 aromatic carbocycles. The van der Waals surface area contributed by atoms with Gasteiger partial charge in [-0.3, -0.25) is 14.3 Å². The third-order valence-corrected chi connectivity index (χ3v) is 4.73. The number of benzene rings is 1. The maximum Gasteiger partial charge on any atom is 0.258 e. The number of aromatic nitrogens is 4. The second-order valence-electron chi connectivity index (χ2n) is 6.13. The van der Waals surface area contributed by atoms with Crippen LogP contribution in [0.25, 0.3) is 17.0 Å². The van der Waals surface area contributed by atoms with Gasteiger partial charge in [-0.25, -0.2) is 4.98 Å². The number of aryl methyl sites for hydroxylation is 2. The number of amides is 1. The van der Waals surface area contributed by atoms with Gasteiger partial charge in [0.25, 0.3) is 5.56 Å². The third kappa shape index (κ3) is 3.93. The van der Waals surface area contributed by atoms with Crippen LogP contribution in [0, 0.1) is 6.92 Å². The quantitative estimate of drug-likeness (QED) is 0.684. The molecule has 8 heteroatoms. The van der Waals surface area contributed by atoms with E-state index >= 15 is 0 Å². The van der Waals surface area contributed by atoms with Gasteiger partial charge in [0, 0.05) is 25.2 Å². The maximum atomic E-state index is 12.6. The normalized spacial score (nSPS) is 11.4. The SMILES string of the molecule is CCN(Cc1nc2ccccc2c(=O)[nH]1)C(=O)/C=C/c1c(C)nn(C)c1Cl. The molecule has 1 amide bonds. The highest BCUT2D eigenvalue weighted by atomic mass is 35.5. The van der Waals surface area contributed by atoms with E-state index in [1.807, 2.05) is 19.9 Å². The van der Waals surface area contributed by atoms with Crippen LogP contribution in [0.5, 0.6) is 0 Å². The lowest BCUT2D eigenvalue weighted by atomic mass is 10.2. The van der Waals surface area contributed by atoms with Crippen molar-refractivity contribution in [2.75, 3.05) is 6.54 Å². The van der Waals surface area contributed by atoms with Gasteiger partial charge in [0.05, 0.1) is 23.1 Å². The van der Waals surface area contributed by atoms with Crippen LogP contribution in [0.3, 0.4) is 0 Å². The summed E-state index contributed by atoms with van der Waals surface area (Å²) in [7, 11) is 1.74. The molecule has 2 aromatic heterocycles. The molecular weight excluding hydrogens is 366 g/mol. The smallest absolute Gasteiger partial charge is 0.258 e. The Bertz CT molecular complexity index is 1080. The summed E-state index contributed by atoms with van der Waals surface area (Å²) in [5.74, 6) is 0.241. The number of nitrogens with one attached hydrogen (secondary N) is 1. The standard InChI is InChI=1S/C19H20ClN5O2/c1-4-25(17(26)10-9-13-12(2)23-24(3)18(13)20)11-16-21-15-8-6-5-7-14(15)19(27)22-16/h5-10H,4,11H2,1-3H3,(H,21,22,27)/b10-9+. The Labute approximate surface area is 161 Å². The van der Waals surface area contributed by atoms with E-state index in [0.29, 0.717) is 34.0 Å². The zero-order valence-corrected chi connectivity index (χ0v) is 16.1. The van der Waals surface area contributed by atoms with Gasteiger partial charge in [-0.2, -0.15) is 5.10 Å². The molecule has 3 rings (SSSR count). The van der Waals surface area contributed by atoms with Crippen molar-refractivity contribution in [1.29, 1.82) is 0 Å². The van der Waals surface area contributed by atoms with Crippen LogP contribution < -0.4 is 5.56 Å². The highest BCUT2D eigenvalue weighted by Crippen LogP contribution is 2.20. The van der Waals surface area contributed by atoms with E-state index in [2.05, 4.69) is 15.1 Å². The summed E-state index contributed by atoms with van der Waals surface area (Å²) in [4.78, 5) is 33.5. The number of H-pyrrole nitrogens is 1. The van der Waals surface area contributed by atoms with Crippen LogP contribution in [0.1, 0.15) is 24.0 Å². The summed E-state index contributed by atoms with van der Waals surface area (Å²) < 4.78 is 1.56. The van der Waals surface area contributed by atoms with E-state index in [0.717, 1.165) is 5.69 Å². The number of nitrogens with zero attached hydrogens (tertiary/aromatic N) is 4. The van der Waals surface area contributed by atoms with Gasteiger partial charge >= 0.3 is 0 Å². The van der Waals surface area contributed by atoms with Crippen LogP contribution in [0.2, 0.25) is 5.15 Å². The summed E-state index contributed by atoms with van der Waals surface area (Å²) in [5.41, 5.74) is 1.84. The zero-order chi connectivity index (χ0) is 19.6. The minimum atomic E-state index is -0.215. The number of para-hydroxylation sites is 1. The van der Waals surface area contributed by atoms with Crippen molar-refractivity contribution in [3.8, 4) is 0 Å². The molecule has 0 radical (unpaired) electrons. The molecule has 140 valence electrons. The molecule has 0 saturated heterocycles. The highest BCUT2D eigenvalue weighted by Gasteiger charge is 2.13. The monoisotopic (exact) mass is 385 g/mol. The third-order valence-electron chi connectivity index (χ3n) is 4.28. The molecule has 0 atom stereocenters. The Kier molecular flexibility index (Phi) is 5.41. The molecule has 0 aliphatic rings. The Morgan fingerprint density at radius 1 is 1.37 bits per heavy atom. The lowest BCUT2D eigenvalue weighted by molar-refractivity contribution is -0.126. The van der Waals surface area contributed by atoms with Crippen LogP contribution in [-0.2, 0) is 18.4 Å². The van der Waals surface area contributed by atoms with E-state index < -0.39 is 0 Å². The fraction of sp³-hybridized carbons (Fsp3) is 0.263. The van der Waals surface area contributed by atoms with Gasteiger partial charge in [-0.1, -0.05) is 23.7 Å².